The van der Waals surface area contributed by atoms with Crippen molar-refractivity contribution in [1.29, 1.82) is 0 Å². The molecule has 1 aliphatic rings. The number of methoxy groups -OCH3 is 3. The zero-order valence-electron chi connectivity index (χ0n) is 33.6. The lowest BCUT2D eigenvalue weighted by Gasteiger charge is -2.36. The van der Waals surface area contributed by atoms with Gasteiger partial charge in [0, 0.05) is 75.2 Å². The maximum Gasteiger partial charge on any atom is 0.292 e. The van der Waals surface area contributed by atoms with E-state index in [2.05, 4.69) is 41.2 Å². The van der Waals surface area contributed by atoms with E-state index in [1.54, 1.807) is 55.1 Å². The highest BCUT2D eigenvalue weighted by Crippen LogP contribution is 2.35. The number of carbonyl (C=O) groups is 4. The molecule has 16 heteroatoms. The van der Waals surface area contributed by atoms with E-state index in [0.29, 0.717) is 68.5 Å². The number of hydrogen-bond donors (Lipinski definition) is 2. The molecule has 302 valence electrons. The summed E-state index contributed by atoms with van der Waals surface area (Å²) in [6.07, 6.45) is 5.12. The number of benzene rings is 2. The lowest BCUT2D eigenvalue weighted by Crippen LogP contribution is -3.05. The SMILES string of the molecule is CCC(CC[NH+](C)C)C(=O)N1CCN(C(=O)c2ccc(NC(=O)c3ncc(-c4ccc(-c5cnn(CCOC)c5C)cc4OC)n3C)cc2Cl)CC1.COC=O. The molecule has 1 saturated heterocycles. The van der Waals surface area contributed by atoms with E-state index in [9.17, 15) is 14.4 Å². The maximum atomic E-state index is 13.4. The molecule has 0 bridgehead atoms. The first-order valence-corrected chi connectivity index (χ1v) is 18.9. The fraction of sp³-hybridized carbons (Fsp3) is 0.450. The highest BCUT2D eigenvalue weighted by molar-refractivity contribution is 6.34. The van der Waals surface area contributed by atoms with Crippen LogP contribution < -0.4 is 15.0 Å². The fourth-order valence-electron chi connectivity index (χ4n) is 6.55. The lowest BCUT2D eigenvalue weighted by molar-refractivity contribution is -0.858. The first-order chi connectivity index (χ1) is 26.9. The van der Waals surface area contributed by atoms with Gasteiger partial charge in [-0.3, -0.25) is 23.9 Å². The van der Waals surface area contributed by atoms with Crippen molar-refractivity contribution in [3.05, 3.63) is 70.9 Å². The largest absolute Gasteiger partial charge is 0.496 e. The average Bonchev–Trinajstić information content (AvgIpc) is 3.77. The van der Waals surface area contributed by atoms with Crippen LogP contribution in [0.5, 0.6) is 5.75 Å². The molecule has 2 aromatic carbocycles. The zero-order chi connectivity index (χ0) is 40.9. The Kier molecular flexibility index (Phi) is 16.0. The molecule has 3 amide bonds. The van der Waals surface area contributed by atoms with E-state index in [0.717, 1.165) is 41.8 Å². The molecular weight excluding hydrogens is 740 g/mol. The van der Waals surface area contributed by atoms with Gasteiger partial charge < -0.3 is 38.8 Å². The van der Waals surface area contributed by atoms with Crippen molar-refractivity contribution >= 4 is 41.5 Å². The minimum Gasteiger partial charge on any atom is -0.496 e. The standard InChI is InChI=1S/C38H49ClN8O5.C2H4O2/c1-8-26(13-14-43(3)4)37(49)45-15-17-46(18-16-45)38(50)29-12-10-28(22-32(29)39)42-36(48)35-40-24-33(44(35)5)30-11-9-27(21-34(30)52-7)31-23-41-47(25(31)2)19-20-51-6;1-4-2-3/h9-12,21-24,26H,8,13-20H2,1-7H3,(H,42,48);2H,1H3/p+1. The van der Waals surface area contributed by atoms with E-state index in [1.165, 1.54) is 12.0 Å². The molecule has 2 N–H and O–H groups in total. The highest BCUT2D eigenvalue weighted by atomic mass is 35.5. The number of halogens is 1. The number of imidazole rings is 1. The topological polar surface area (TPSA) is 155 Å². The summed E-state index contributed by atoms with van der Waals surface area (Å²) in [5, 5.41) is 7.58. The second-order valence-corrected chi connectivity index (χ2v) is 14.2. The van der Waals surface area contributed by atoms with Gasteiger partial charge in [0.15, 0.2) is 5.82 Å². The molecular formula is C40H54ClN8O7+. The predicted octanol–water partition coefficient (Wildman–Crippen LogP) is 3.45. The van der Waals surface area contributed by atoms with E-state index in [4.69, 9.17) is 25.9 Å². The van der Waals surface area contributed by atoms with Crippen molar-refractivity contribution in [2.24, 2.45) is 13.0 Å². The van der Waals surface area contributed by atoms with Crippen molar-refractivity contribution in [3.8, 4) is 28.1 Å². The normalized spacial score (nSPS) is 13.2. The van der Waals surface area contributed by atoms with Crippen LogP contribution >= 0.6 is 11.6 Å². The van der Waals surface area contributed by atoms with Gasteiger partial charge in [-0.15, -0.1) is 0 Å². The number of amides is 3. The molecule has 3 heterocycles. The van der Waals surface area contributed by atoms with Crippen molar-refractivity contribution in [1.82, 2.24) is 29.1 Å². The molecule has 0 aliphatic carbocycles. The third-order valence-electron chi connectivity index (χ3n) is 9.86. The third kappa shape index (κ3) is 10.5. The van der Waals surface area contributed by atoms with E-state index < -0.39 is 5.91 Å². The first kappa shape index (κ1) is 43.5. The number of carbonyl (C=O) groups excluding carboxylic acids is 4. The summed E-state index contributed by atoms with van der Waals surface area (Å²) < 4.78 is 18.4. The second kappa shape index (κ2) is 20.6. The Morgan fingerprint density at radius 3 is 2.30 bits per heavy atom. The molecule has 2 aromatic heterocycles. The number of hydrogen-bond acceptors (Lipinski definition) is 9. The molecule has 56 heavy (non-hydrogen) atoms. The summed E-state index contributed by atoms with van der Waals surface area (Å²) in [6, 6.07) is 10.7. The van der Waals surface area contributed by atoms with E-state index in [1.807, 2.05) is 40.9 Å². The van der Waals surface area contributed by atoms with Crippen LogP contribution in [0.15, 0.2) is 48.8 Å². The Labute approximate surface area is 333 Å². The molecule has 0 radical (unpaired) electrons. The molecule has 5 rings (SSSR count). The smallest absolute Gasteiger partial charge is 0.292 e. The Hall–Kier alpha value is -5.25. The minimum atomic E-state index is -0.434. The number of anilines is 1. The van der Waals surface area contributed by atoms with Crippen molar-refractivity contribution in [2.45, 2.75) is 33.2 Å². The van der Waals surface area contributed by atoms with Crippen LogP contribution in [-0.2, 0) is 32.7 Å². The van der Waals surface area contributed by atoms with Gasteiger partial charge in [0.1, 0.15) is 5.75 Å². The number of nitrogens with zero attached hydrogens (tertiary/aromatic N) is 6. The molecule has 1 unspecified atom stereocenters. The Balaban J connectivity index is 0.00000166. The van der Waals surface area contributed by atoms with Gasteiger partial charge in [0.25, 0.3) is 18.3 Å². The maximum absolute atomic E-state index is 13.4. The second-order valence-electron chi connectivity index (χ2n) is 13.7. The van der Waals surface area contributed by atoms with Crippen LogP contribution in [0.1, 0.15) is 46.4 Å². The molecule has 1 aliphatic heterocycles. The van der Waals surface area contributed by atoms with Crippen molar-refractivity contribution in [3.63, 3.8) is 0 Å². The van der Waals surface area contributed by atoms with Gasteiger partial charge in [0.2, 0.25) is 5.91 Å². The quantitative estimate of drug-likeness (QED) is 0.172. The van der Waals surface area contributed by atoms with Crippen LogP contribution in [0.2, 0.25) is 5.02 Å². The summed E-state index contributed by atoms with van der Waals surface area (Å²) in [6.45, 7) is 8.46. The number of piperazine rings is 1. The van der Waals surface area contributed by atoms with Crippen molar-refractivity contribution in [2.75, 3.05) is 80.1 Å². The summed E-state index contributed by atoms with van der Waals surface area (Å²) in [4.78, 5) is 58.2. The van der Waals surface area contributed by atoms with Crippen LogP contribution in [0.3, 0.4) is 0 Å². The Morgan fingerprint density at radius 1 is 1.00 bits per heavy atom. The van der Waals surface area contributed by atoms with Gasteiger partial charge in [-0.05, 0) is 49.2 Å². The summed E-state index contributed by atoms with van der Waals surface area (Å²) in [5.41, 5.74) is 5.20. The van der Waals surface area contributed by atoms with Gasteiger partial charge >= 0.3 is 0 Å². The first-order valence-electron chi connectivity index (χ1n) is 18.5. The fourth-order valence-corrected chi connectivity index (χ4v) is 6.81. The Morgan fingerprint density at radius 2 is 1.70 bits per heavy atom. The summed E-state index contributed by atoms with van der Waals surface area (Å²) >= 11 is 6.60. The average molecular weight is 794 g/mol. The van der Waals surface area contributed by atoms with Gasteiger partial charge in [0.05, 0.1) is 76.7 Å². The Bertz CT molecular complexity index is 1970. The highest BCUT2D eigenvalue weighted by Gasteiger charge is 2.30. The summed E-state index contributed by atoms with van der Waals surface area (Å²) in [5.74, 6) is 0.341. The van der Waals surface area contributed by atoms with Gasteiger partial charge in [-0.1, -0.05) is 24.6 Å². The third-order valence-corrected chi connectivity index (χ3v) is 10.2. The van der Waals surface area contributed by atoms with Crippen LogP contribution in [0, 0.1) is 12.8 Å². The van der Waals surface area contributed by atoms with Gasteiger partial charge in [-0.2, -0.15) is 5.10 Å². The molecule has 4 aromatic rings. The van der Waals surface area contributed by atoms with E-state index >= 15 is 0 Å². The van der Waals surface area contributed by atoms with Crippen LogP contribution in [0.4, 0.5) is 5.69 Å². The number of nitrogens with one attached hydrogen (secondary N) is 2. The molecule has 1 atom stereocenters. The van der Waals surface area contributed by atoms with Gasteiger partial charge in [-0.25, -0.2) is 4.98 Å². The minimum absolute atomic E-state index is 0.000417. The molecule has 0 spiro atoms. The van der Waals surface area contributed by atoms with Crippen molar-refractivity contribution < 1.29 is 38.3 Å². The molecule has 15 nitrogen and oxygen atoms in total. The van der Waals surface area contributed by atoms with E-state index in [-0.39, 0.29) is 28.6 Å². The van der Waals surface area contributed by atoms with Crippen LogP contribution in [-0.4, -0.2) is 128 Å². The lowest BCUT2D eigenvalue weighted by atomic mass is 10.00. The zero-order valence-corrected chi connectivity index (χ0v) is 34.3. The van der Waals surface area contributed by atoms with Crippen LogP contribution in [0.25, 0.3) is 22.4 Å². The number of ether oxygens (including phenoxy) is 3. The summed E-state index contributed by atoms with van der Waals surface area (Å²) in [7, 11) is 10.5. The predicted molar refractivity (Wildman–Crippen MR) is 214 cm³/mol. The molecule has 1 fully saturated rings. The number of aromatic nitrogens is 4. The molecule has 0 saturated carbocycles. The number of quaternary nitrogens is 1. The number of rotatable bonds is 15. The monoisotopic (exact) mass is 793 g/mol.